The van der Waals surface area contributed by atoms with E-state index in [-0.39, 0.29) is 35.7 Å². The van der Waals surface area contributed by atoms with Gasteiger partial charge < -0.3 is 24.8 Å². The summed E-state index contributed by atoms with van der Waals surface area (Å²) in [5.74, 6) is 1.59. The molecule has 0 spiro atoms. The van der Waals surface area contributed by atoms with Crippen LogP contribution < -0.4 is 15.1 Å². The number of fused-ring (bicyclic) bond motifs is 2. The lowest BCUT2D eigenvalue weighted by atomic mass is 9.75. The Morgan fingerprint density at radius 2 is 1.91 bits per heavy atom. The minimum atomic E-state index is -3.12. The van der Waals surface area contributed by atoms with E-state index in [2.05, 4.69) is 38.9 Å². The molecule has 5 heterocycles. The summed E-state index contributed by atoms with van der Waals surface area (Å²) in [5.41, 5.74) is 2.07. The first-order chi connectivity index (χ1) is 22.7. The summed E-state index contributed by atoms with van der Waals surface area (Å²) < 4.78 is 45.0. The van der Waals surface area contributed by atoms with Gasteiger partial charge in [0.2, 0.25) is 11.9 Å². The third kappa shape index (κ3) is 5.92. The molecular formula is C34H42FN7O4S. The molecule has 1 amide bonds. The van der Waals surface area contributed by atoms with E-state index in [1.807, 2.05) is 22.1 Å². The van der Waals surface area contributed by atoms with Crippen molar-refractivity contribution in [3.8, 4) is 0 Å². The van der Waals surface area contributed by atoms with Gasteiger partial charge in [-0.2, -0.15) is 4.98 Å². The molecule has 4 fully saturated rings. The van der Waals surface area contributed by atoms with E-state index in [0.29, 0.717) is 43.6 Å². The molecule has 3 aliphatic heterocycles. The van der Waals surface area contributed by atoms with Crippen LogP contribution in [0, 0.1) is 5.92 Å². The van der Waals surface area contributed by atoms with Crippen molar-refractivity contribution >= 4 is 49.8 Å². The van der Waals surface area contributed by atoms with Crippen LogP contribution in [0.25, 0.3) is 10.8 Å². The van der Waals surface area contributed by atoms with Crippen molar-refractivity contribution in [1.82, 2.24) is 19.9 Å². The Bertz CT molecular complexity index is 1790. The predicted octanol–water partition coefficient (Wildman–Crippen LogP) is 4.58. The molecule has 0 unspecified atom stereocenters. The fraction of sp³-hybridized carbons (Fsp3) is 0.529. The van der Waals surface area contributed by atoms with Crippen LogP contribution in [-0.4, -0.2) is 97.3 Å². The van der Waals surface area contributed by atoms with Crippen LogP contribution in [0.15, 0.2) is 49.3 Å². The van der Waals surface area contributed by atoms with Crippen LogP contribution in [0.4, 0.5) is 27.7 Å². The van der Waals surface area contributed by atoms with E-state index >= 15 is 0 Å². The largest absolute Gasteiger partial charge is 0.378 e. The van der Waals surface area contributed by atoms with E-state index in [9.17, 15) is 17.6 Å². The van der Waals surface area contributed by atoms with E-state index in [1.165, 1.54) is 19.4 Å². The van der Waals surface area contributed by atoms with Gasteiger partial charge in [0, 0.05) is 68.4 Å². The number of anilines is 4. The number of carbonyl (C=O) groups is 1. The zero-order chi connectivity index (χ0) is 32.9. The molecule has 7 rings (SSSR count). The lowest BCUT2D eigenvalue weighted by molar-refractivity contribution is -0.126. The van der Waals surface area contributed by atoms with Gasteiger partial charge in [-0.15, -0.1) is 0 Å². The molecule has 1 aliphatic carbocycles. The van der Waals surface area contributed by atoms with Crippen LogP contribution >= 0.6 is 0 Å². The number of piperidine rings is 1. The number of sulfone groups is 1. The Balaban J connectivity index is 1.22. The number of hydrogen-bond acceptors (Lipinski definition) is 10. The number of hydrogen-bond donors (Lipinski definition) is 1. The van der Waals surface area contributed by atoms with E-state index in [1.54, 1.807) is 12.3 Å². The van der Waals surface area contributed by atoms with E-state index in [0.717, 1.165) is 54.1 Å². The fourth-order valence-corrected chi connectivity index (χ4v) is 9.72. The topological polar surface area (TPSA) is 121 Å². The predicted molar refractivity (Wildman–Crippen MR) is 181 cm³/mol. The molecule has 1 aromatic carbocycles. The minimum absolute atomic E-state index is 0.0877. The minimum Gasteiger partial charge on any atom is -0.378 e. The summed E-state index contributed by atoms with van der Waals surface area (Å²) in [6, 6.07) is 8.05. The third-order valence-corrected chi connectivity index (χ3v) is 12.3. The second-order valence-electron chi connectivity index (χ2n) is 13.3. The molecule has 3 saturated heterocycles. The van der Waals surface area contributed by atoms with Gasteiger partial charge in [0.25, 0.3) is 0 Å². The number of carbonyl (C=O) groups excluding carboxylic acids is 1. The second kappa shape index (κ2) is 12.6. The van der Waals surface area contributed by atoms with Crippen molar-refractivity contribution in [3.05, 3.63) is 54.9 Å². The SMILES string of the molecule is C=CC(=O)N1CCC[C@H]1c1ccc(N2C[C@H]3[C@H]2CCC[C@H]3S(C)(=O)=O)c2cnc(Nc3ccnc(N4CC[C@@H](OC)[C@@H](F)C4)n3)cc12. The lowest BCUT2D eigenvalue weighted by Crippen LogP contribution is -2.63. The molecule has 4 aliphatic rings. The molecule has 3 aromatic rings. The normalized spacial score (nSPS) is 27.8. The Morgan fingerprint density at radius 3 is 2.68 bits per heavy atom. The maximum atomic E-state index is 14.6. The number of ether oxygens (including phenoxy) is 1. The number of nitrogens with one attached hydrogen (secondary N) is 1. The van der Waals surface area contributed by atoms with Crippen molar-refractivity contribution in [2.45, 2.75) is 68.1 Å². The van der Waals surface area contributed by atoms with Gasteiger partial charge in [0.1, 0.15) is 17.8 Å². The van der Waals surface area contributed by atoms with Crippen molar-refractivity contribution in [3.63, 3.8) is 0 Å². The van der Waals surface area contributed by atoms with Gasteiger partial charge >= 0.3 is 0 Å². The summed E-state index contributed by atoms with van der Waals surface area (Å²) in [4.78, 5) is 32.8. The number of halogens is 1. The van der Waals surface area contributed by atoms with Crippen molar-refractivity contribution in [1.29, 1.82) is 0 Å². The average Bonchev–Trinajstić information content (AvgIpc) is 3.54. The first kappa shape index (κ1) is 31.7. The van der Waals surface area contributed by atoms with Gasteiger partial charge in [-0.1, -0.05) is 19.1 Å². The quantitative estimate of drug-likeness (QED) is 0.343. The molecule has 0 bridgehead atoms. The van der Waals surface area contributed by atoms with Crippen LogP contribution in [-0.2, 0) is 19.4 Å². The van der Waals surface area contributed by atoms with Crippen LogP contribution in [0.5, 0.6) is 0 Å². The highest BCUT2D eigenvalue weighted by Crippen LogP contribution is 2.47. The van der Waals surface area contributed by atoms with Crippen molar-refractivity contribution in [2.75, 3.05) is 54.7 Å². The molecular weight excluding hydrogens is 621 g/mol. The van der Waals surface area contributed by atoms with Gasteiger partial charge in [0.15, 0.2) is 9.84 Å². The average molecular weight is 664 g/mol. The molecule has 11 nitrogen and oxygen atoms in total. The Morgan fingerprint density at radius 1 is 1.06 bits per heavy atom. The fourth-order valence-electron chi connectivity index (χ4n) is 8.22. The van der Waals surface area contributed by atoms with E-state index in [4.69, 9.17) is 9.72 Å². The molecule has 250 valence electrons. The summed E-state index contributed by atoms with van der Waals surface area (Å²) in [5, 5.41) is 4.97. The Hall–Kier alpha value is -3.84. The van der Waals surface area contributed by atoms with Crippen LogP contribution in [0.2, 0.25) is 0 Å². The van der Waals surface area contributed by atoms with Gasteiger partial charge in [0.05, 0.1) is 23.9 Å². The molecule has 2 aromatic heterocycles. The van der Waals surface area contributed by atoms with E-state index < -0.39 is 22.1 Å². The van der Waals surface area contributed by atoms with Gasteiger partial charge in [-0.25, -0.2) is 22.8 Å². The highest BCUT2D eigenvalue weighted by Gasteiger charge is 2.49. The Kier molecular flexibility index (Phi) is 8.54. The number of benzene rings is 1. The third-order valence-electron chi connectivity index (χ3n) is 10.6. The number of alkyl halides is 1. The molecule has 6 atom stereocenters. The highest BCUT2D eigenvalue weighted by molar-refractivity contribution is 7.91. The molecule has 47 heavy (non-hydrogen) atoms. The summed E-state index contributed by atoms with van der Waals surface area (Å²) >= 11 is 0. The monoisotopic (exact) mass is 663 g/mol. The standard InChI is InChI=1S/C34H42FN7O4S/c1-4-33(43)41-15-6-8-26(41)21-10-11-28(42-19-24-27(42)7-5-9-30(24)47(3,44)45)23-18-37-32(17-22(21)23)38-31-12-14-36-34(39-31)40-16-13-29(46-2)25(35)20-40/h4,10-12,14,17-18,24-27,29-30H,1,5-9,13,15-16,19-20H2,2-3H3,(H,36,37,38,39)/t24-,25-,26-,27+,29+,30+/m0/s1. The smallest absolute Gasteiger partial charge is 0.246 e. The van der Waals surface area contributed by atoms with Crippen LogP contribution in [0.1, 0.15) is 50.1 Å². The molecule has 13 heteroatoms. The van der Waals surface area contributed by atoms with Gasteiger partial charge in [-0.3, -0.25) is 4.79 Å². The first-order valence-electron chi connectivity index (χ1n) is 16.5. The maximum absolute atomic E-state index is 14.6. The summed E-state index contributed by atoms with van der Waals surface area (Å²) in [6.45, 7) is 5.83. The maximum Gasteiger partial charge on any atom is 0.246 e. The van der Waals surface area contributed by atoms with Crippen molar-refractivity contribution < 1.29 is 22.3 Å². The summed E-state index contributed by atoms with van der Waals surface area (Å²) in [6.07, 6.45) is 9.56. The zero-order valence-corrected chi connectivity index (χ0v) is 27.7. The number of aromatic nitrogens is 3. The van der Waals surface area contributed by atoms with Gasteiger partial charge in [-0.05, 0) is 67.3 Å². The number of likely N-dealkylation sites (tertiary alicyclic amines) is 1. The summed E-state index contributed by atoms with van der Waals surface area (Å²) in [7, 11) is -1.59. The lowest BCUT2D eigenvalue weighted by Gasteiger charge is -2.55. The second-order valence-corrected chi connectivity index (χ2v) is 15.5. The molecule has 1 N–H and O–H groups in total. The highest BCUT2D eigenvalue weighted by atomic mass is 32.2. The number of pyridine rings is 1. The number of rotatable bonds is 8. The number of methoxy groups -OCH3 is 1. The van der Waals surface area contributed by atoms with Crippen LogP contribution in [0.3, 0.4) is 0 Å². The van der Waals surface area contributed by atoms with Crippen molar-refractivity contribution in [2.24, 2.45) is 5.92 Å². The number of nitrogens with zero attached hydrogens (tertiary/aromatic N) is 6. The Labute approximate surface area is 275 Å². The zero-order valence-electron chi connectivity index (χ0n) is 26.9. The molecule has 1 saturated carbocycles. The first-order valence-corrected chi connectivity index (χ1v) is 18.4. The molecule has 0 radical (unpaired) electrons. The number of amides is 1.